The van der Waals surface area contributed by atoms with Crippen molar-refractivity contribution in [3.05, 3.63) is 30.4 Å². The van der Waals surface area contributed by atoms with Crippen molar-refractivity contribution in [1.82, 2.24) is 4.98 Å². The second-order valence-corrected chi connectivity index (χ2v) is 3.15. The molecule has 0 aliphatic carbocycles. The van der Waals surface area contributed by atoms with E-state index in [1.807, 2.05) is 0 Å². The van der Waals surface area contributed by atoms with Crippen LogP contribution >= 0.6 is 0 Å². The second kappa shape index (κ2) is 5.53. The summed E-state index contributed by atoms with van der Waals surface area (Å²) in [6.07, 6.45) is -2.36. The van der Waals surface area contributed by atoms with Crippen molar-refractivity contribution in [3.8, 4) is 5.88 Å². The van der Waals surface area contributed by atoms with Crippen LogP contribution < -0.4 is 16.0 Å². The van der Waals surface area contributed by atoms with Crippen molar-refractivity contribution in [1.29, 1.82) is 0 Å². The molecule has 1 aromatic heterocycles. The average Bonchev–Trinajstić information content (AvgIpc) is 2.28. The number of anilines is 1. The molecule has 0 amide bonds. The molecule has 0 aliphatic rings. The van der Waals surface area contributed by atoms with Crippen LogP contribution in [0.4, 0.5) is 19.0 Å². The van der Waals surface area contributed by atoms with Gasteiger partial charge in [-0.05, 0) is 12.5 Å². The minimum atomic E-state index is -4.47. The number of aromatic nitrogens is 1. The van der Waals surface area contributed by atoms with Crippen LogP contribution in [0, 0.1) is 0 Å². The number of ether oxygens (including phenoxy) is 1. The number of pyridine rings is 1. The molecule has 0 bridgehead atoms. The van der Waals surface area contributed by atoms with Crippen LogP contribution in [0.2, 0.25) is 0 Å². The van der Waals surface area contributed by atoms with Gasteiger partial charge < -0.3 is 10.2 Å². The minimum absolute atomic E-state index is 0.103. The van der Waals surface area contributed by atoms with Crippen molar-refractivity contribution in [2.75, 3.05) is 12.0 Å². The summed E-state index contributed by atoms with van der Waals surface area (Å²) in [6, 6.07) is 1.63. The highest BCUT2D eigenvalue weighted by molar-refractivity contribution is 5.41. The number of nitrogen functional groups attached to an aromatic ring is 1. The first-order valence-corrected chi connectivity index (χ1v) is 4.77. The zero-order valence-electron chi connectivity index (χ0n) is 8.92. The van der Waals surface area contributed by atoms with Gasteiger partial charge in [0.05, 0.1) is 12.2 Å². The molecule has 1 rings (SSSR count). The summed E-state index contributed by atoms with van der Waals surface area (Å²) in [7, 11) is 0. The third kappa shape index (κ3) is 3.95. The molecule has 0 fully saturated rings. The normalized spacial score (nSPS) is 11.1. The molecule has 7 heteroatoms. The molecule has 0 unspecified atom stereocenters. The van der Waals surface area contributed by atoms with Gasteiger partial charge in [-0.25, -0.2) is 5.84 Å². The van der Waals surface area contributed by atoms with Crippen molar-refractivity contribution in [2.45, 2.75) is 12.6 Å². The van der Waals surface area contributed by atoms with Gasteiger partial charge in [-0.1, -0.05) is 6.08 Å². The molecule has 0 atom stereocenters. The van der Waals surface area contributed by atoms with Crippen molar-refractivity contribution in [2.24, 2.45) is 5.84 Å². The SMILES string of the molecule is C=CCCOc1cc(C(F)(F)F)cc(NN)n1. The topological polar surface area (TPSA) is 60.2 Å². The molecule has 94 valence electrons. The Morgan fingerprint density at radius 1 is 1.47 bits per heavy atom. The zero-order chi connectivity index (χ0) is 12.9. The first-order chi connectivity index (χ1) is 7.97. The van der Waals surface area contributed by atoms with Gasteiger partial charge in [-0.15, -0.1) is 6.58 Å². The summed E-state index contributed by atoms with van der Waals surface area (Å²) in [5, 5.41) is 0. The lowest BCUT2D eigenvalue weighted by molar-refractivity contribution is -0.137. The van der Waals surface area contributed by atoms with Crippen LogP contribution in [-0.2, 0) is 6.18 Å². The molecule has 3 N–H and O–H groups in total. The number of nitrogens with zero attached hydrogens (tertiary/aromatic N) is 1. The molecule has 0 saturated heterocycles. The number of alkyl halides is 3. The zero-order valence-corrected chi connectivity index (χ0v) is 8.92. The number of nitrogens with two attached hydrogens (primary N) is 1. The molecule has 0 aliphatic heterocycles. The largest absolute Gasteiger partial charge is 0.477 e. The molecule has 0 aromatic carbocycles. The molecule has 17 heavy (non-hydrogen) atoms. The second-order valence-electron chi connectivity index (χ2n) is 3.15. The number of rotatable bonds is 5. The molecule has 4 nitrogen and oxygen atoms in total. The highest BCUT2D eigenvalue weighted by atomic mass is 19.4. The molecule has 0 saturated carbocycles. The molecule has 1 aromatic rings. The standard InChI is InChI=1S/C10H12F3N3O/c1-2-3-4-17-9-6-7(10(11,12)13)5-8(15-9)16-14/h2,5-6H,1,3-4,14H2,(H,15,16). The lowest BCUT2D eigenvalue weighted by atomic mass is 10.2. The van der Waals surface area contributed by atoms with Crippen molar-refractivity contribution in [3.63, 3.8) is 0 Å². The first-order valence-electron chi connectivity index (χ1n) is 4.77. The molecule has 0 spiro atoms. The van der Waals surface area contributed by atoms with E-state index in [-0.39, 0.29) is 18.3 Å². The van der Waals surface area contributed by atoms with Gasteiger partial charge in [-0.2, -0.15) is 18.2 Å². The Bertz CT molecular complexity index is 393. The smallest absolute Gasteiger partial charge is 0.416 e. The fourth-order valence-electron chi connectivity index (χ4n) is 1.06. The Balaban J connectivity index is 2.93. The van der Waals surface area contributed by atoms with Gasteiger partial charge >= 0.3 is 6.18 Å². The molecular formula is C10H12F3N3O. The third-order valence-corrected chi connectivity index (χ3v) is 1.85. The van der Waals surface area contributed by atoms with Crippen LogP contribution in [0.1, 0.15) is 12.0 Å². The Morgan fingerprint density at radius 3 is 2.71 bits per heavy atom. The third-order valence-electron chi connectivity index (χ3n) is 1.85. The van der Waals surface area contributed by atoms with Crippen molar-refractivity contribution < 1.29 is 17.9 Å². The van der Waals surface area contributed by atoms with E-state index in [4.69, 9.17) is 10.6 Å². The summed E-state index contributed by atoms with van der Waals surface area (Å²) in [5.41, 5.74) is 1.19. The predicted octanol–water partition coefficient (Wildman–Crippen LogP) is 2.34. The van der Waals surface area contributed by atoms with Gasteiger partial charge in [0.25, 0.3) is 0 Å². The highest BCUT2D eigenvalue weighted by Crippen LogP contribution is 2.32. The number of hydrazine groups is 1. The van der Waals surface area contributed by atoms with E-state index in [0.29, 0.717) is 6.42 Å². The lowest BCUT2D eigenvalue weighted by Crippen LogP contribution is -2.13. The summed E-state index contributed by atoms with van der Waals surface area (Å²) < 4.78 is 42.6. The summed E-state index contributed by atoms with van der Waals surface area (Å²) in [6.45, 7) is 3.68. The highest BCUT2D eigenvalue weighted by Gasteiger charge is 2.31. The Labute approximate surface area is 96.3 Å². The Kier molecular flexibility index (Phi) is 4.33. The van der Waals surface area contributed by atoms with E-state index < -0.39 is 11.7 Å². The maximum Gasteiger partial charge on any atom is 0.416 e. The van der Waals surface area contributed by atoms with E-state index in [1.54, 1.807) is 6.08 Å². The monoisotopic (exact) mass is 247 g/mol. The Hall–Kier alpha value is -1.76. The lowest BCUT2D eigenvalue weighted by Gasteiger charge is -2.11. The van der Waals surface area contributed by atoms with Gasteiger partial charge in [-0.3, -0.25) is 0 Å². The van der Waals surface area contributed by atoms with E-state index >= 15 is 0 Å². The summed E-state index contributed by atoms with van der Waals surface area (Å²) >= 11 is 0. The Morgan fingerprint density at radius 2 is 2.18 bits per heavy atom. The summed E-state index contributed by atoms with van der Waals surface area (Å²) in [4.78, 5) is 3.74. The minimum Gasteiger partial charge on any atom is -0.477 e. The van der Waals surface area contributed by atoms with E-state index in [9.17, 15) is 13.2 Å². The maximum absolute atomic E-state index is 12.5. The fourth-order valence-corrected chi connectivity index (χ4v) is 1.06. The summed E-state index contributed by atoms with van der Waals surface area (Å²) in [5.74, 6) is 4.80. The van der Waals surface area contributed by atoms with Crippen molar-refractivity contribution >= 4 is 5.82 Å². The maximum atomic E-state index is 12.5. The molecule has 0 radical (unpaired) electrons. The van der Waals surface area contributed by atoms with Crippen LogP contribution in [0.15, 0.2) is 24.8 Å². The van der Waals surface area contributed by atoms with Gasteiger partial charge in [0.1, 0.15) is 5.82 Å². The van der Waals surface area contributed by atoms with Crippen LogP contribution in [-0.4, -0.2) is 11.6 Å². The molecular weight excluding hydrogens is 235 g/mol. The quantitative estimate of drug-likeness (QED) is 0.363. The van der Waals surface area contributed by atoms with E-state index in [2.05, 4.69) is 17.0 Å². The van der Waals surface area contributed by atoms with Crippen LogP contribution in [0.3, 0.4) is 0 Å². The first kappa shape index (κ1) is 13.3. The predicted molar refractivity (Wildman–Crippen MR) is 57.4 cm³/mol. The number of halogens is 3. The van der Waals surface area contributed by atoms with Gasteiger partial charge in [0.15, 0.2) is 0 Å². The van der Waals surface area contributed by atoms with Gasteiger partial charge in [0.2, 0.25) is 5.88 Å². The average molecular weight is 247 g/mol. The fraction of sp³-hybridized carbons (Fsp3) is 0.300. The van der Waals surface area contributed by atoms with E-state index in [1.165, 1.54) is 0 Å². The van der Waals surface area contributed by atoms with Gasteiger partial charge in [0, 0.05) is 6.07 Å². The number of hydrogen-bond acceptors (Lipinski definition) is 4. The van der Waals surface area contributed by atoms with Crippen LogP contribution in [0.5, 0.6) is 5.88 Å². The molecule has 1 heterocycles. The number of hydrogen-bond donors (Lipinski definition) is 2. The number of nitrogens with one attached hydrogen (secondary N) is 1. The van der Waals surface area contributed by atoms with E-state index in [0.717, 1.165) is 12.1 Å². The van der Waals surface area contributed by atoms with Crippen LogP contribution in [0.25, 0.3) is 0 Å².